The van der Waals surface area contributed by atoms with Gasteiger partial charge in [-0.3, -0.25) is 29.8 Å². The van der Waals surface area contributed by atoms with E-state index in [-0.39, 0.29) is 0 Å². The van der Waals surface area contributed by atoms with Gasteiger partial charge in [0.1, 0.15) is 0 Å². The quantitative estimate of drug-likeness (QED) is 0.613. The molecule has 27 heavy (non-hydrogen) atoms. The molecule has 2 N–H and O–H groups in total. The van der Waals surface area contributed by atoms with E-state index in [9.17, 15) is 19.2 Å². The van der Waals surface area contributed by atoms with Gasteiger partial charge in [-0.15, -0.1) is 0 Å². The SMILES string of the molecule is O=C1NC(=O)[C@@H]2[C@H]1[C@H](Cc1ccccc1)NC21C(=O)c2ccccc2C1=O. The molecule has 2 aromatic rings. The molecule has 0 aromatic heterocycles. The van der Waals surface area contributed by atoms with Crippen molar-refractivity contribution in [2.75, 3.05) is 0 Å². The van der Waals surface area contributed by atoms with E-state index >= 15 is 0 Å². The summed E-state index contributed by atoms with van der Waals surface area (Å²) in [6, 6.07) is 15.6. The highest BCUT2D eigenvalue weighted by Gasteiger charge is 2.71. The van der Waals surface area contributed by atoms with Crippen molar-refractivity contribution in [2.24, 2.45) is 11.8 Å². The molecule has 2 saturated heterocycles. The molecule has 1 aliphatic carbocycles. The number of carbonyl (C=O) groups is 4. The van der Waals surface area contributed by atoms with Crippen LogP contribution in [0, 0.1) is 11.8 Å². The lowest BCUT2D eigenvalue weighted by molar-refractivity contribution is -0.127. The Morgan fingerprint density at radius 2 is 1.37 bits per heavy atom. The van der Waals surface area contributed by atoms with Gasteiger partial charge in [0.15, 0.2) is 17.1 Å². The Hall–Kier alpha value is -3.12. The summed E-state index contributed by atoms with van der Waals surface area (Å²) in [6.45, 7) is 0. The molecule has 3 atom stereocenters. The van der Waals surface area contributed by atoms with Crippen molar-refractivity contribution in [3.63, 3.8) is 0 Å². The second-order valence-corrected chi connectivity index (χ2v) is 7.31. The van der Waals surface area contributed by atoms with E-state index in [2.05, 4.69) is 10.6 Å². The van der Waals surface area contributed by atoms with E-state index in [4.69, 9.17) is 0 Å². The summed E-state index contributed by atoms with van der Waals surface area (Å²) < 4.78 is 0. The first-order chi connectivity index (χ1) is 13.0. The molecule has 134 valence electrons. The fraction of sp³-hybridized carbons (Fsp3) is 0.238. The Morgan fingerprint density at radius 1 is 0.778 bits per heavy atom. The van der Waals surface area contributed by atoms with Crippen molar-refractivity contribution in [2.45, 2.75) is 18.0 Å². The number of imide groups is 1. The molecule has 2 aromatic carbocycles. The van der Waals surface area contributed by atoms with Gasteiger partial charge in [0.05, 0.1) is 11.8 Å². The standard InChI is InChI=1S/C21H16N2O4/c24-17-12-8-4-5-9-13(12)18(25)21(17)16-15(19(26)22-20(16)27)14(23-21)10-11-6-2-1-3-7-11/h1-9,14-16,23H,10H2,(H,22,26,27)/t14-,15+,16-/m0/s1. The van der Waals surface area contributed by atoms with Gasteiger partial charge in [0.2, 0.25) is 11.8 Å². The predicted octanol–water partition coefficient (Wildman–Crippen LogP) is 0.908. The Morgan fingerprint density at radius 3 is 2.00 bits per heavy atom. The van der Waals surface area contributed by atoms with E-state index in [1.807, 2.05) is 30.3 Å². The Kier molecular flexibility index (Phi) is 3.24. The summed E-state index contributed by atoms with van der Waals surface area (Å²) in [4.78, 5) is 51.6. The van der Waals surface area contributed by atoms with Gasteiger partial charge in [-0.1, -0.05) is 54.6 Å². The number of carbonyl (C=O) groups excluding carboxylic acids is 4. The molecule has 0 radical (unpaired) electrons. The predicted molar refractivity (Wildman–Crippen MR) is 95.0 cm³/mol. The molecule has 3 aliphatic rings. The molecular weight excluding hydrogens is 344 g/mol. The molecule has 6 heteroatoms. The third-order valence-electron chi connectivity index (χ3n) is 5.93. The highest BCUT2D eigenvalue weighted by Crippen LogP contribution is 2.47. The minimum atomic E-state index is -1.69. The van der Waals surface area contributed by atoms with Crippen LogP contribution < -0.4 is 10.6 Å². The number of nitrogens with one attached hydrogen (secondary N) is 2. The number of benzene rings is 2. The normalized spacial score (nSPS) is 27.8. The fourth-order valence-electron chi connectivity index (χ4n) is 4.82. The highest BCUT2D eigenvalue weighted by atomic mass is 16.2. The van der Waals surface area contributed by atoms with Crippen LogP contribution in [-0.2, 0) is 16.0 Å². The van der Waals surface area contributed by atoms with E-state index in [0.717, 1.165) is 5.56 Å². The van der Waals surface area contributed by atoms with Crippen molar-refractivity contribution >= 4 is 23.4 Å². The van der Waals surface area contributed by atoms with Crippen molar-refractivity contribution < 1.29 is 19.2 Å². The summed E-state index contributed by atoms with van der Waals surface area (Å²) in [5.41, 5.74) is -0.111. The molecule has 0 saturated carbocycles. The number of Topliss-reactive ketones (excluding diaryl/α,β-unsaturated/α-hetero) is 2. The lowest BCUT2D eigenvalue weighted by atomic mass is 9.76. The van der Waals surface area contributed by atoms with Crippen LogP contribution in [-0.4, -0.2) is 35.0 Å². The fourth-order valence-corrected chi connectivity index (χ4v) is 4.82. The average molecular weight is 360 g/mol. The van der Waals surface area contributed by atoms with E-state index in [1.54, 1.807) is 24.3 Å². The third-order valence-corrected chi connectivity index (χ3v) is 5.93. The monoisotopic (exact) mass is 360 g/mol. The second-order valence-electron chi connectivity index (χ2n) is 7.31. The second kappa shape index (κ2) is 5.44. The summed E-state index contributed by atoms with van der Waals surface area (Å²) in [6.07, 6.45) is 0.446. The Bertz CT molecular complexity index is 979. The maximum Gasteiger partial charge on any atom is 0.233 e. The van der Waals surface area contributed by atoms with Crippen LogP contribution >= 0.6 is 0 Å². The van der Waals surface area contributed by atoms with Gasteiger partial charge >= 0.3 is 0 Å². The molecule has 0 bridgehead atoms. The topological polar surface area (TPSA) is 92.3 Å². The maximum atomic E-state index is 13.2. The summed E-state index contributed by atoms with van der Waals surface area (Å²) in [5, 5.41) is 5.47. The van der Waals surface area contributed by atoms with Crippen LogP contribution in [0.4, 0.5) is 0 Å². The largest absolute Gasteiger partial charge is 0.296 e. The van der Waals surface area contributed by atoms with Gasteiger partial charge < -0.3 is 0 Å². The van der Waals surface area contributed by atoms with Crippen molar-refractivity contribution in [1.82, 2.24) is 10.6 Å². The van der Waals surface area contributed by atoms with Gasteiger partial charge in [-0.25, -0.2) is 0 Å². The first kappa shape index (κ1) is 16.1. The Balaban J connectivity index is 1.62. The van der Waals surface area contributed by atoms with Gasteiger partial charge in [0, 0.05) is 17.2 Å². The van der Waals surface area contributed by atoms with Crippen molar-refractivity contribution in [3.8, 4) is 0 Å². The summed E-state index contributed by atoms with van der Waals surface area (Å²) in [5.74, 6) is -3.59. The minimum Gasteiger partial charge on any atom is -0.296 e. The van der Waals surface area contributed by atoms with Gasteiger partial charge in [-0.05, 0) is 12.0 Å². The zero-order valence-corrected chi connectivity index (χ0v) is 14.3. The lowest BCUT2D eigenvalue weighted by Crippen LogP contribution is -2.58. The molecule has 2 fully saturated rings. The zero-order chi connectivity index (χ0) is 18.8. The summed E-state index contributed by atoms with van der Waals surface area (Å²) >= 11 is 0. The zero-order valence-electron chi connectivity index (χ0n) is 14.3. The van der Waals surface area contributed by atoms with Crippen molar-refractivity contribution in [3.05, 3.63) is 71.3 Å². The van der Waals surface area contributed by atoms with Crippen LogP contribution in [0.5, 0.6) is 0 Å². The molecule has 0 unspecified atom stereocenters. The lowest BCUT2D eigenvalue weighted by Gasteiger charge is -2.26. The van der Waals surface area contributed by atoms with Crippen LogP contribution in [0.2, 0.25) is 0 Å². The molecule has 1 spiro atoms. The third kappa shape index (κ3) is 1.99. The molecule has 2 heterocycles. The number of hydrogen-bond donors (Lipinski definition) is 2. The Labute approximate surface area is 155 Å². The summed E-state index contributed by atoms with van der Waals surface area (Å²) in [7, 11) is 0. The van der Waals surface area contributed by atoms with E-state index < -0.39 is 46.8 Å². The van der Waals surface area contributed by atoms with Gasteiger partial charge in [0.25, 0.3) is 0 Å². The number of rotatable bonds is 2. The minimum absolute atomic E-state index is 0.307. The number of amides is 2. The van der Waals surface area contributed by atoms with Crippen LogP contribution in [0.15, 0.2) is 54.6 Å². The van der Waals surface area contributed by atoms with Crippen LogP contribution in [0.3, 0.4) is 0 Å². The molecule has 6 nitrogen and oxygen atoms in total. The van der Waals surface area contributed by atoms with Gasteiger partial charge in [-0.2, -0.15) is 0 Å². The first-order valence-electron chi connectivity index (χ1n) is 8.89. The van der Waals surface area contributed by atoms with E-state index in [0.29, 0.717) is 17.5 Å². The average Bonchev–Trinajstić information content (AvgIpc) is 3.25. The molecule has 2 amide bonds. The molecule has 2 aliphatic heterocycles. The number of ketones is 2. The molecule has 5 rings (SSSR count). The van der Waals surface area contributed by atoms with Crippen molar-refractivity contribution in [1.29, 1.82) is 0 Å². The number of hydrogen-bond acceptors (Lipinski definition) is 5. The number of fused-ring (bicyclic) bond motifs is 3. The first-order valence-corrected chi connectivity index (χ1v) is 8.89. The van der Waals surface area contributed by atoms with Crippen LogP contribution in [0.1, 0.15) is 26.3 Å². The molecular formula is C21H16N2O4. The van der Waals surface area contributed by atoms with E-state index in [1.165, 1.54) is 0 Å². The highest BCUT2D eigenvalue weighted by molar-refractivity contribution is 6.35. The van der Waals surface area contributed by atoms with Crippen LogP contribution in [0.25, 0.3) is 0 Å². The smallest absolute Gasteiger partial charge is 0.233 e. The maximum absolute atomic E-state index is 13.2.